The fourth-order valence-electron chi connectivity index (χ4n) is 3.43. The van der Waals surface area contributed by atoms with E-state index in [1.54, 1.807) is 13.3 Å². The van der Waals surface area contributed by atoms with Gasteiger partial charge in [-0.2, -0.15) is 0 Å². The van der Waals surface area contributed by atoms with Crippen LogP contribution in [0, 0.1) is 0 Å². The van der Waals surface area contributed by atoms with Crippen molar-refractivity contribution in [2.45, 2.75) is 13.5 Å². The number of benzene rings is 2. The van der Waals surface area contributed by atoms with Gasteiger partial charge in [-0.1, -0.05) is 53.0 Å². The lowest BCUT2D eigenvalue weighted by atomic mass is 10.1. The average molecular weight is 459 g/mol. The zero-order valence-corrected chi connectivity index (χ0v) is 18.6. The number of pyridine rings is 1. The Morgan fingerprint density at radius 2 is 1.63 bits per heavy atom. The Kier molecular flexibility index (Phi) is 6.00. The zero-order chi connectivity index (χ0) is 21.3. The predicted molar refractivity (Wildman–Crippen MR) is 124 cm³/mol. The molecule has 0 saturated carbocycles. The van der Waals surface area contributed by atoms with Crippen molar-refractivity contribution in [2.75, 3.05) is 7.11 Å². The highest BCUT2D eigenvalue weighted by Gasteiger charge is 2.23. The van der Waals surface area contributed by atoms with E-state index in [1.807, 2.05) is 54.6 Å². The van der Waals surface area contributed by atoms with E-state index in [4.69, 9.17) is 44.5 Å². The molecule has 4 nitrogen and oxygen atoms in total. The second-order valence-corrected chi connectivity index (χ2v) is 7.82. The first-order chi connectivity index (χ1) is 14.5. The van der Waals surface area contributed by atoms with Crippen LogP contribution in [0.5, 0.6) is 5.88 Å². The third kappa shape index (κ3) is 3.79. The molecule has 2 heterocycles. The van der Waals surface area contributed by atoms with Gasteiger partial charge in [-0.25, -0.2) is 9.97 Å². The maximum Gasteiger partial charge on any atom is 0.213 e. The number of halogens is 3. The second kappa shape index (κ2) is 8.68. The largest absolute Gasteiger partial charge is 0.481 e. The SMILES string of the molecule is CCn1c(-c2c(Cl)cccc2Cl)nc(-c2ccnc(OC)c2)c1-c1ccc(Cl)cc1. The highest BCUT2D eigenvalue weighted by molar-refractivity contribution is 6.39. The number of imidazole rings is 1. The molecule has 4 rings (SSSR count). The van der Waals surface area contributed by atoms with E-state index in [2.05, 4.69) is 16.5 Å². The molecule has 30 heavy (non-hydrogen) atoms. The third-order valence-electron chi connectivity index (χ3n) is 4.81. The van der Waals surface area contributed by atoms with Crippen LogP contribution in [-0.4, -0.2) is 21.6 Å². The van der Waals surface area contributed by atoms with Crippen molar-refractivity contribution in [2.24, 2.45) is 0 Å². The van der Waals surface area contributed by atoms with E-state index in [9.17, 15) is 0 Å². The number of aromatic nitrogens is 3. The summed E-state index contributed by atoms with van der Waals surface area (Å²) in [6, 6.07) is 16.9. The quantitative estimate of drug-likeness (QED) is 0.316. The van der Waals surface area contributed by atoms with Crippen LogP contribution >= 0.6 is 34.8 Å². The molecule has 0 aliphatic heterocycles. The Labute approximate surface area is 190 Å². The van der Waals surface area contributed by atoms with Crippen LogP contribution in [0.25, 0.3) is 33.9 Å². The van der Waals surface area contributed by atoms with Gasteiger partial charge in [-0.15, -0.1) is 0 Å². The summed E-state index contributed by atoms with van der Waals surface area (Å²) in [5.41, 5.74) is 4.28. The van der Waals surface area contributed by atoms with Crippen molar-refractivity contribution in [3.8, 4) is 39.8 Å². The molecular weight excluding hydrogens is 441 g/mol. The number of hydrogen-bond acceptors (Lipinski definition) is 3. The van der Waals surface area contributed by atoms with Crippen LogP contribution in [0.2, 0.25) is 15.1 Å². The molecule has 0 aliphatic rings. The first-order valence-electron chi connectivity index (χ1n) is 9.34. The van der Waals surface area contributed by atoms with Gasteiger partial charge in [-0.3, -0.25) is 0 Å². The van der Waals surface area contributed by atoms with Gasteiger partial charge in [-0.05, 0) is 37.3 Å². The summed E-state index contributed by atoms with van der Waals surface area (Å²) < 4.78 is 7.43. The minimum absolute atomic E-state index is 0.512. The maximum atomic E-state index is 6.53. The number of methoxy groups -OCH3 is 1. The number of ether oxygens (including phenoxy) is 1. The van der Waals surface area contributed by atoms with E-state index >= 15 is 0 Å². The molecule has 2 aromatic carbocycles. The minimum Gasteiger partial charge on any atom is -0.481 e. The van der Waals surface area contributed by atoms with Crippen LogP contribution < -0.4 is 4.74 Å². The summed E-state index contributed by atoms with van der Waals surface area (Å²) >= 11 is 19.2. The van der Waals surface area contributed by atoms with E-state index in [1.165, 1.54) is 0 Å². The smallest absolute Gasteiger partial charge is 0.213 e. The summed E-state index contributed by atoms with van der Waals surface area (Å²) in [5, 5.41) is 1.76. The summed E-state index contributed by atoms with van der Waals surface area (Å²) in [5.74, 6) is 1.21. The van der Waals surface area contributed by atoms with Gasteiger partial charge >= 0.3 is 0 Å². The van der Waals surface area contributed by atoms with E-state index in [-0.39, 0.29) is 0 Å². The molecule has 0 unspecified atom stereocenters. The fraction of sp³-hybridized carbons (Fsp3) is 0.130. The van der Waals surface area contributed by atoms with Gasteiger partial charge in [0.05, 0.1) is 34.1 Å². The van der Waals surface area contributed by atoms with Crippen molar-refractivity contribution in [1.82, 2.24) is 14.5 Å². The molecule has 0 amide bonds. The minimum atomic E-state index is 0.512. The molecule has 0 atom stereocenters. The van der Waals surface area contributed by atoms with E-state index in [0.29, 0.717) is 38.9 Å². The third-order valence-corrected chi connectivity index (χ3v) is 5.69. The van der Waals surface area contributed by atoms with E-state index < -0.39 is 0 Å². The maximum absolute atomic E-state index is 6.53. The van der Waals surface area contributed by atoms with Crippen LogP contribution in [0.1, 0.15) is 6.92 Å². The van der Waals surface area contributed by atoms with Crippen molar-refractivity contribution >= 4 is 34.8 Å². The van der Waals surface area contributed by atoms with Crippen LogP contribution in [-0.2, 0) is 6.54 Å². The first kappa shape index (κ1) is 20.7. The molecule has 0 aliphatic carbocycles. The molecule has 0 spiro atoms. The second-order valence-electron chi connectivity index (χ2n) is 6.57. The molecule has 2 aromatic heterocycles. The monoisotopic (exact) mass is 457 g/mol. The molecular formula is C23H18Cl3N3O. The standard InChI is InChI=1S/C23H18Cl3N3O/c1-3-29-22(14-7-9-16(24)10-8-14)21(15-11-12-27-19(13-15)30-2)28-23(29)20-17(25)5-4-6-18(20)26/h4-13H,3H2,1-2H3. The highest BCUT2D eigenvalue weighted by atomic mass is 35.5. The lowest BCUT2D eigenvalue weighted by Crippen LogP contribution is -2.01. The van der Waals surface area contributed by atoms with Gasteiger partial charge in [0.25, 0.3) is 0 Å². The van der Waals surface area contributed by atoms with Gasteiger partial charge < -0.3 is 9.30 Å². The lowest BCUT2D eigenvalue weighted by molar-refractivity contribution is 0.398. The Balaban J connectivity index is 2.05. The number of rotatable bonds is 5. The van der Waals surface area contributed by atoms with Gasteiger partial charge in [0.15, 0.2) is 0 Å². The Hall–Kier alpha value is -2.53. The topological polar surface area (TPSA) is 39.9 Å². The van der Waals surface area contributed by atoms with Crippen molar-refractivity contribution in [1.29, 1.82) is 0 Å². The molecule has 0 N–H and O–H groups in total. The summed E-state index contributed by atoms with van der Waals surface area (Å²) in [6.45, 7) is 2.73. The van der Waals surface area contributed by atoms with Crippen LogP contribution in [0.15, 0.2) is 60.8 Å². The molecule has 0 bridgehead atoms. The van der Waals surface area contributed by atoms with Gasteiger partial charge in [0.2, 0.25) is 5.88 Å². The Morgan fingerprint density at radius 1 is 0.933 bits per heavy atom. The number of hydrogen-bond donors (Lipinski definition) is 0. The normalized spacial score (nSPS) is 11.0. The Bertz CT molecular complexity index is 1180. The van der Waals surface area contributed by atoms with Crippen molar-refractivity contribution in [3.05, 3.63) is 75.9 Å². The van der Waals surface area contributed by atoms with Crippen LogP contribution in [0.3, 0.4) is 0 Å². The highest BCUT2D eigenvalue weighted by Crippen LogP contribution is 2.41. The number of nitrogens with zero attached hydrogens (tertiary/aromatic N) is 3. The molecule has 4 aromatic rings. The van der Waals surface area contributed by atoms with Crippen LogP contribution in [0.4, 0.5) is 0 Å². The molecule has 0 radical (unpaired) electrons. The average Bonchev–Trinajstić information content (AvgIpc) is 3.13. The predicted octanol–water partition coefficient (Wildman–Crippen LogP) is 7.27. The van der Waals surface area contributed by atoms with E-state index in [0.717, 1.165) is 22.5 Å². The molecule has 0 saturated heterocycles. The molecule has 152 valence electrons. The first-order valence-corrected chi connectivity index (χ1v) is 10.5. The summed E-state index contributed by atoms with van der Waals surface area (Å²) in [4.78, 5) is 9.21. The molecule has 7 heteroatoms. The molecule has 0 fully saturated rings. The fourth-order valence-corrected chi connectivity index (χ4v) is 4.13. The van der Waals surface area contributed by atoms with Crippen molar-refractivity contribution < 1.29 is 4.74 Å². The zero-order valence-electron chi connectivity index (χ0n) is 16.4. The summed E-state index contributed by atoms with van der Waals surface area (Å²) in [7, 11) is 1.59. The van der Waals surface area contributed by atoms with Gasteiger partial charge in [0, 0.05) is 35.0 Å². The summed E-state index contributed by atoms with van der Waals surface area (Å²) in [6.07, 6.45) is 1.70. The lowest BCUT2D eigenvalue weighted by Gasteiger charge is -2.13. The van der Waals surface area contributed by atoms with Gasteiger partial charge in [0.1, 0.15) is 5.82 Å². The van der Waals surface area contributed by atoms with Crippen molar-refractivity contribution in [3.63, 3.8) is 0 Å². The Morgan fingerprint density at radius 3 is 2.27 bits per heavy atom.